The van der Waals surface area contributed by atoms with E-state index in [-0.39, 0.29) is 0 Å². The summed E-state index contributed by atoms with van der Waals surface area (Å²) in [5.74, 6) is 0.792. The largest absolute Gasteiger partial charge is 0.383 e. The van der Waals surface area contributed by atoms with Gasteiger partial charge in [-0.1, -0.05) is 0 Å². The minimum absolute atomic E-state index is 0.447. The topological polar surface area (TPSA) is 30.5 Å². The summed E-state index contributed by atoms with van der Waals surface area (Å²) in [6, 6.07) is 0. The van der Waals surface area contributed by atoms with Gasteiger partial charge in [-0.2, -0.15) is 0 Å². The quantitative estimate of drug-likeness (QED) is 0.652. The molecule has 1 rings (SSSR count). The summed E-state index contributed by atoms with van der Waals surface area (Å²) in [5.41, 5.74) is 0. The fourth-order valence-electron chi connectivity index (χ4n) is 1.76. The second kappa shape index (κ2) is 6.35. The van der Waals surface area contributed by atoms with Crippen LogP contribution >= 0.6 is 0 Å². The first-order valence-electron chi connectivity index (χ1n) is 5.14. The highest BCUT2D eigenvalue weighted by Gasteiger charge is 2.18. The van der Waals surface area contributed by atoms with E-state index < -0.39 is 0 Å². The monoisotopic (exact) mass is 187 g/mol. The van der Waals surface area contributed by atoms with Crippen LogP contribution in [0.1, 0.15) is 19.8 Å². The highest BCUT2D eigenvalue weighted by Crippen LogP contribution is 2.18. The van der Waals surface area contributed by atoms with Crippen LogP contribution in [0.2, 0.25) is 0 Å². The van der Waals surface area contributed by atoms with Gasteiger partial charge in [0.1, 0.15) is 0 Å². The molecule has 3 nitrogen and oxygen atoms in total. The van der Waals surface area contributed by atoms with Gasteiger partial charge in [-0.3, -0.25) is 0 Å². The Balaban J connectivity index is 2.00. The number of ether oxygens (including phenoxy) is 2. The van der Waals surface area contributed by atoms with E-state index in [0.717, 1.165) is 32.2 Å². The molecular formula is C10H21NO2. The Morgan fingerprint density at radius 2 is 2.38 bits per heavy atom. The molecule has 0 radical (unpaired) electrons. The zero-order valence-corrected chi connectivity index (χ0v) is 8.71. The molecule has 1 fully saturated rings. The predicted molar refractivity (Wildman–Crippen MR) is 52.9 cm³/mol. The molecule has 0 bridgehead atoms. The zero-order valence-electron chi connectivity index (χ0n) is 8.71. The van der Waals surface area contributed by atoms with Crippen LogP contribution < -0.4 is 5.32 Å². The highest BCUT2D eigenvalue weighted by atomic mass is 16.5. The van der Waals surface area contributed by atoms with Crippen molar-refractivity contribution in [1.29, 1.82) is 0 Å². The minimum Gasteiger partial charge on any atom is -0.383 e. The van der Waals surface area contributed by atoms with Crippen molar-refractivity contribution in [2.45, 2.75) is 25.9 Å². The van der Waals surface area contributed by atoms with Crippen LogP contribution in [-0.4, -0.2) is 39.5 Å². The lowest BCUT2D eigenvalue weighted by atomic mass is 9.96. The molecule has 0 aromatic rings. The molecule has 1 N–H and O–H groups in total. The molecule has 0 aromatic carbocycles. The normalized spacial score (nSPS) is 29.1. The Labute approximate surface area is 80.8 Å². The molecule has 3 heteroatoms. The maximum atomic E-state index is 5.48. The Morgan fingerprint density at radius 1 is 1.54 bits per heavy atom. The first-order valence-corrected chi connectivity index (χ1v) is 5.14. The highest BCUT2D eigenvalue weighted by molar-refractivity contribution is 4.70. The van der Waals surface area contributed by atoms with Crippen molar-refractivity contribution in [2.24, 2.45) is 5.92 Å². The van der Waals surface area contributed by atoms with E-state index in [1.807, 2.05) is 0 Å². The third-order valence-electron chi connectivity index (χ3n) is 2.51. The van der Waals surface area contributed by atoms with Crippen molar-refractivity contribution >= 4 is 0 Å². The van der Waals surface area contributed by atoms with Crippen molar-refractivity contribution < 1.29 is 9.47 Å². The number of methoxy groups -OCH3 is 1. The standard InChI is InChI=1S/C10H21NO2/c1-9-7-10(3-5-13-9)8-11-4-6-12-2/h9-11H,3-8H2,1-2H3. The average Bonchev–Trinajstić information content (AvgIpc) is 2.13. The van der Waals surface area contributed by atoms with E-state index in [0.29, 0.717) is 6.10 Å². The van der Waals surface area contributed by atoms with Crippen LogP contribution in [-0.2, 0) is 9.47 Å². The van der Waals surface area contributed by atoms with Crippen LogP contribution in [0.25, 0.3) is 0 Å². The van der Waals surface area contributed by atoms with Gasteiger partial charge >= 0.3 is 0 Å². The summed E-state index contributed by atoms with van der Waals surface area (Å²) in [6.07, 6.45) is 2.84. The number of hydrogen-bond donors (Lipinski definition) is 1. The second-order valence-electron chi connectivity index (χ2n) is 3.77. The third-order valence-corrected chi connectivity index (χ3v) is 2.51. The average molecular weight is 187 g/mol. The fraction of sp³-hybridized carbons (Fsp3) is 1.00. The van der Waals surface area contributed by atoms with Gasteiger partial charge in [0.15, 0.2) is 0 Å². The van der Waals surface area contributed by atoms with Crippen molar-refractivity contribution in [2.75, 3.05) is 33.4 Å². The van der Waals surface area contributed by atoms with Crippen molar-refractivity contribution in [3.63, 3.8) is 0 Å². The van der Waals surface area contributed by atoms with Gasteiger partial charge in [0.05, 0.1) is 12.7 Å². The molecule has 78 valence electrons. The van der Waals surface area contributed by atoms with E-state index in [1.54, 1.807) is 7.11 Å². The lowest BCUT2D eigenvalue weighted by Crippen LogP contribution is -2.32. The number of hydrogen-bond acceptors (Lipinski definition) is 3. The van der Waals surface area contributed by atoms with E-state index in [9.17, 15) is 0 Å². The van der Waals surface area contributed by atoms with Gasteiger partial charge in [-0.05, 0) is 32.2 Å². The fourth-order valence-corrected chi connectivity index (χ4v) is 1.76. The van der Waals surface area contributed by atoms with Gasteiger partial charge in [0, 0.05) is 20.3 Å². The summed E-state index contributed by atoms with van der Waals surface area (Å²) in [5, 5.41) is 3.40. The molecule has 2 unspecified atom stereocenters. The van der Waals surface area contributed by atoms with E-state index in [4.69, 9.17) is 9.47 Å². The summed E-state index contributed by atoms with van der Waals surface area (Å²) < 4.78 is 10.4. The van der Waals surface area contributed by atoms with Crippen LogP contribution in [0.15, 0.2) is 0 Å². The molecule has 1 saturated heterocycles. The first kappa shape index (κ1) is 11.0. The first-order chi connectivity index (χ1) is 6.33. The Kier molecular flexibility index (Phi) is 5.35. The Hall–Kier alpha value is -0.120. The van der Waals surface area contributed by atoms with Crippen molar-refractivity contribution in [3.05, 3.63) is 0 Å². The van der Waals surface area contributed by atoms with Crippen molar-refractivity contribution in [1.82, 2.24) is 5.32 Å². The SMILES string of the molecule is COCCNCC1CCOC(C)C1. The van der Waals surface area contributed by atoms with Crippen LogP contribution in [0.5, 0.6) is 0 Å². The van der Waals surface area contributed by atoms with Crippen LogP contribution in [0.3, 0.4) is 0 Å². The zero-order chi connectivity index (χ0) is 9.52. The smallest absolute Gasteiger partial charge is 0.0587 e. The molecular weight excluding hydrogens is 166 g/mol. The van der Waals surface area contributed by atoms with E-state index in [2.05, 4.69) is 12.2 Å². The number of nitrogens with one attached hydrogen (secondary N) is 1. The molecule has 1 heterocycles. The van der Waals surface area contributed by atoms with Gasteiger partial charge in [0.2, 0.25) is 0 Å². The molecule has 0 saturated carbocycles. The molecule has 2 atom stereocenters. The predicted octanol–water partition coefficient (Wildman–Crippen LogP) is 1.04. The molecule has 0 spiro atoms. The summed E-state index contributed by atoms with van der Waals surface area (Å²) >= 11 is 0. The molecule has 1 aliphatic heterocycles. The van der Waals surface area contributed by atoms with Crippen LogP contribution in [0.4, 0.5) is 0 Å². The lowest BCUT2D eigenvalue weighted by Gasteiger charge is -2.27. The maximum Gasteiger partial charge on any atom is 0.0587 e. The molecule has 13 heavy (non-hydrogen) atoms. The maximum absolute atomic E-state index is 5.48. The lowest BCUT2D eigenvalue weighted by molar-refractivity contribution is 0.00273. The van der Waals surface area contributed by atoms with Gasteiger partial charge in [-0.15, -0.1) is 0 Å². The Morgan fingerprint density at radius 3 is 3.08 bits per heavy atom. The van der Waals surface area contributed by atoms with Crippen molar-refractivity contribution in [3.8, 4) is 0 Å². The Bertz CT molecular complexity index is 130. The molecule has 0 amide bonds. The summed E-state index contributed by atoms with van der Waals surface area (Å²) in [6.45, 7) is 5.96. The van der Waals surface area contributed by atoms with Gasteiger partial charge in [-0.25, -0.2) is 0 Å². The van der Waals surface area contributed by atoms with E-state index in [1.165, 1.54) is 12.8 Å². The molecule has 1 aliphatic rings. The van der Waals surface area contributed by atoms with Gasteiger partial charge < -0.3 is 14.8 Å². The van der Waals surface area contributed by atoms with E-state index >= 15 is 0 Å². The minimum atomic E-state index is 0.447. The summed E-state index contributed by atoms with van der Waals surface area (Å²) in [7, 11) is 1.73. The number of rotatable bonds is 5. The summed E-state index contributed by atoms with van der Waals surface area (Å²) in [4.78, 5) is 0. The van der Waals surface area contributed by atoms with Crippen LogP contribution in [0, 0.1) is 5.92 Å². The second-order valence-corrected chi connectivity index (χ2v) is 3.77. The molecule has 0 aliphatic carbocycles. The third kappa shape index (κ3) is 4.60. The van der Waals surface area contributed by atoms with Gasteiger partial charge in [0.25, 0.3) is 0 Å². The molecule has 0 aromatic heterocycles.